The molecular weight excluding hydrogens is 1470 g/mol. The van der Waals surface area contributed by atoms with E-state index < -0.39 is 54.3 Å². The number of carbonyl (C=O) groups is 7. The Morgan fingerprint density at radius 3 is 1.12 bits per heavy atom. The van der Waals surface area contributed by atoms with Gasteiger partial charge in [-0.2, -0.15) is 0 Å². The van der Waals surface area contributed by atoms with E-state index in [1.165, 1.54) is 97.9 Å². The minimum atomic E-state index is -0.979. The first-order valence-corrected chi connectivity index (χ1v) is 40.3. The average molecular weight is 1570 g/mol. The molecule has 0 amide bonds. The van der Waals surface area contributed by atoms with Crippen LogP contribution in [0, 0.1) is 5.82 Å². The second kappa shape index (κ2) is 48.8. The van der Waals surface area contributed by atoms with Crippen LogP contribution in [0.25, 0.3) is 12.2 Å². The topological polar surface area (TPSA) is 256 Å². The molecule has 8 aromatic rings. The summed E-state index contributed by atoms with van der Waals surface area (Å²) in [7, 11) is 0. The van der Waals surface area contributed by atoms with Crippen molar-refractivity contribution in [2.45, 2.75) is 192 Å². The third-order valence-electron chi connectivity index (χ3n) is 20.1. The second-order valence-electron chi connectivity index (χ2n) is 28.9. The number of allylic oxidation sites excluding steroid dienone is 10. The monoisotopic (exact) mass is 1570 g/mol. The van der Waals surface area contributed by atoms with Crippen molar-refractivity contribution in [3.63, 3.8) is 0 Å². The first kappa shape index (κ1) is 87.8. The van der Waals surface area contributed by atoms with E-state index in [-0.39, 0.29) is 24.0 Å². The predicted molar refractivity (Wildman–Crippen MR) is 448 cm³/mol. The molecule has 0 aliphatic heterocycles. The van der Waals surface area contributed by atoms with Gasteiger partial charge in [-0.15, -0.1) is 0 Å². The van der Waals surface area contributed by atoms with Crippen molar-refractivity contribution in [2.75, 3.05) is 6.61 Å². The van der Waals surface area contributed by atoms with Gasteiger partial charge in [-0.25, -0.2) is 28.4 Å². The third-order valence-corrected chi connectivity index (χ3v) is 20.1. The van der Waals surface area contributed by atoms with Crippen LogP contribution in [0.2, 0.25) is 0 Å². The molecule has 0 saturated carbocycles. The summed E-state index contributed by atoms with van der Waals surface area (Å²) in [5.74, 6) is -2.19. The van der Waals surface area contributed by atoms with Crippen LogP contribution in [-0.4, -0.2) is 92.9 Å². The largest absolute Gasteiger partial charge is 0.493 e. The molecule has 17 nitrogen and oxygen atoms in total. The number of rotatable bonds is 37. The number of ketones is 2. The van der Waals surface area contributed by atoms with E-state index in [1.807, 2.05) is 109 Å². The lowest BCUT2D eigenvalue weighted by Gasteiger charge is -2.19. The van der Waals surface area contributed by atoms with Gasteiger partial charge in [0.05, 0.1) is 12.2 Å². The number of benzene rings is 8. The van der Waals surface area contributed by atoms with E-state index in [9.17, 15) is 58.4 Å². The smallest absolute Gasteiger partial charge is 0.344 e. The molecule has 0 radical (unpaired) electrons. The lowest BCUT2D eigenvalue weighted by molar-refractivity contribution is -0.146. The number of ether oxygens (including phenoxy) is 6. The molecule has 4 atom stereocenters. The van der Waals surface area contributed by atoms with E-state index in [1.54, 1.807) is 103 Å². The molecule has 116 heavy (non-hydrogen) atoms. The molecule has 0 aromatic heterocycles. The fourth-order valence-corrected chi connectivity index (χ4v) is 13.5. The van der Waals surface area contributed by atoms with Crippen molar-refractivity contribution in [3.05, 3.63) is 316 Å². The SMILES string of the molecule is O=C(/C=C/c1ccc(OC(CCC2=CCCCC2)C(=O)O)cc1)c1ccccc1.O=C(/C=C/c1ccccc1)c1ccc(OC(CCC2=CCCCC2)C(=O)O)cc1.O=C(O)C(CCC1=CCCCC1)Oc1ccccc1CCOc1ccc(F)cc1.O=C(OCc1ccccc1)c1ccc(OC(CCC2=CCCCC2)C(=O)O)cc1. The van der Waals surface area contributed by atoms with Gasteiger partial charge in [0.25, 0.3) is 0 Å². The number of carboxylic acids is 4. The standard InChI is InChI=1S/2C25H26O4.C24H27FO4.C24H26O5/c26-23(17-11-19-7-3-1-4-8-19)21-13-15-22(16-14-21)29-24(25(27)28)18-12-20-9-5-2-6-10-20;26-23(21-9-5-2-6-10-21)17-13-20-11-15-22(16-12-20)29-24(25(27)28)18-14-19-7-3-1-4-8-19;25-20-11-13-21(14-12-20)28-17-16-19-8-4-5-9-22(19)29-23(24(26)27)15-10-18-6-2-1-3-7-18;25-23(26)22(16-11-18-7-3-1-4-8-18)29-21-14-12-20(13-15-21)24(27)28-17-19-9-5-2-6-10-19/h1,3-4,7-9,11,13-17,24H,2,5-6,10,12,18H2,(H,27,28);2,5-7,9-13,15-17,24H,1,3-4,8,14,18H2,(H,27,28);4-6,8-9,11-14,23H,1-3,7,10,15-17H2,(H,26,27);2,5-7,9-10,12-15,22H,1,3-4,8,11,16-17H2,(H,25,26)/b17-11+;17-13+;;. The summed E-state index contributed by atoms with van der Waals surface area (Å²) in [6, 6.07) is 61.6. The van der Waals surface area contributed by atoms with Crippen LogP contribution < -0.4 is 23.7 Å². The number of aliphatic carboxylic acids is 4. The second-order valence-corrected chi connectivity index (χ2v) is 28.9. The van der Waals surface area contributed by atoms with Crippen LogP contribution >= 0.6 is 0 Å². The summed E-state index contributed by atoms with van der Waals surface area (Å²) >= 11 is 0. The lowest BCUT2D eigenvalue weighted by atomic mass is 9.95. The van der Waals surface area contributed by atoms with Crippen molar-refractivity contribution in [1.29, 1.82) is 0 Å². The van der Waals surface area contributed by atoms with Crippen molar-refractivity contribution >= 4 is 53.6 Å². The zero-order chi connectivity index (χ0) is 81.9. The van der Waals surface area contributed by atoms with E-state index in [0.29, 0.717) is 84.1 Å². The van der Waals surface area contributed by atoms with Gasteiger partial charge in [-0.3, -0.25) is 9.59 Å². The number of halogens is 1. The Morgan fingerprint density at radius 2 is 0.707 bits per heavy atom. The van der Waals surface area contributed by atoms with Crippen LogP contribution in [0.1, 0.15) is 207 Å². The number of hydrogen-bond donors (Lipinski definition) is 4. The third kappa shape index (κ3) is 32.0. The highest BCUT2D eigenvalue weighted by Gasteiger charge is 2.25. The summed E-state index contributed by atoms with van der Waals surface area (Å²) < 4.78 is 46.8. The molecular formula is C98H105FO17. The first-order valence-electron chi connectivity index (χ1n) is 40.3. The fraction of sp³-hybridized carbons (Fsp3) is 0.316. The van der Waals surface area contributed by atoms with Crippen molar-refractivity contribution in [2.24, 2.45) is 0 Å². The quantitative estimate of drug-likeness (QED) is 0.0122. The molecule has 0 heterocycles. The maximum atomic E-state index is 13.0. The maximum absolute atomic E-state index is 13.0. The van der Waals surface area contributed by atoms with E-state index in [0.717, 1.165) is 99.3 Å². The van der Waals surface area contributed by atoms with Crippen molar-refractivity contribution < 1.29 is 86.8 Å². The summed E-state index contributed by atoms with van der Waals surface area (Å²) in [5.41, 5.74) is 10.5. The summed E-state index contributed by atoms with van der Waals surface area (Å²) in [6.45, 7) is 0.589. The molecule has 4 aliphatic carbocycles. The Bertz CT molecular complexity index is 4600. The number of para-hydroxylation sites is 1. The number of carboxylic acid groups (broad SMARTS) is 4. The average Bonchev–Trinajstić information content (AvgIpc) is 0.852. The Morgan fingerprint density at radius 1 is 0.353 bits per heavy atom. The van der Waals surface area contributed by atoms with Gasteiger partial charge < -0.3 is 48.8 Å². The lowest BCUT2D eigenvalue weighted by Crippen LogP contribution is -2.27. The first-order chi connectivity index (χ1) is 56.5. The highest BCUT2D eigenvalue weighted by molar-refractivity contribution is 6.07. The molecule has 8 aromatic carbocycles. The Balaban J connectivity index is 0.000000177. The summed E-state index contributed by atoms with van der Waals surface area (Å²) in [4.78, 5) is 83.0. The maximum Gasteiger partial charge on any atom is 0.344 e. The Kier molecular flexibility index (Phi) is 36.9. The molecule has 4 N–H and O–H groups in total. The zero-order valence-corrected chi connectivity index (χ0v) is 65.7. The van der Waals surface area contributed by atoms with E-state index in [4.69, 9.17) is 28.4 Å². The van der Waals surface area contributed by atoms with Gasteiger partial charge in [0.2, 0.25) is 0 Å². The van der Waals surface area contributed by atoms with Crippen LogP contribution in [0.3, 0.4) is 0 Å². The Labute approximate surface area is 679 Å². The minimum Gasteiger partial charge on any atom is -0.493 e. The highest BCUT2D eigenvalue weighted by atomic mass is 19.1. The van der Waals surface area contributed by atoms with E-state index >= 15 is 0 Å². The summed E-state index contributed by atoms with van der Waals surface area (Å²) in [5, 5.41) is 38.0. The molecule has 18 heteroatoms. The molecule has 0 bridgehead atoms. The number of carbonyl (C=O) groups excluding carboxylic acids is 3. The van der Waals surface area contributed by atoms with Gasteiger partial charge in [0, 0.05) is 17.5 Å². The van der Waals surface area contributed by atoms with Gasteiger partial charge >= 0.3 is 29.8 Å². The van der Waals surface area contributed by atoms with Gasteiger partial charge in [-0.05, 0) is 280 Å². The minimum absolute atomic E-state index is 0.0612. The molecule has 0 saturated heterocycles. The number of hydrogen-bond acceptors (Lipinski definition) is 13. The van der Waals surface area contributed by atoms with E-state index in [2.05, 4.69) is 24.3 Å². The number of esters is 1. The molecule has 4 aliphatic rings. The van der Waals surface area contributed by atoms with Gasteiger partial charge in [0.15, 0.2) is 36.0 Å². The highest BCUT2D eigenvalue weighted by Crippen LogP contribution is 2.30. The van der Waals surface area contributed by atoms with Crippen LogP contribution in [0.15, 0.2) is 271 Å². The molecule has 0 spiro atoms. The molecule has 12 rings (SSSR count). The van der Waals surface area contributed by atoms with Crippen molar-refractivity contribution in [3.8, 4) is 28.7 Å². The Hall–Kier alpha value is -12.2. The molecule has 606 valence electrons. The van der Waals surface area contributed by atoms with Crippen molar-refractivity contribution in [1.82, 2.24) is 0 Å². The normalized spacial score (nSPS) is 14.8. The fourth-order valence-electron chi connectivity index (χ4n) is 13.5. The van der Waals surface area contributed by atoms with Crippen LogP contribution in [-0.2, 0) is 36.9 Å². The zero-order valence-electron chi connectivity index (χ0n) is 65.7. The molecule has 4 unspecified atom stereocenters. The van der Waals surface area contributed by atoms with Crippen LogP contribution in [0.4, 0.5) is 4.39 Å². The van der Waals surface area contributed by atoms with Crippen LogP contribution in [0.5, 0.6) is 28.7 Å². The molecule has 0 fully saturated rings. The van der Waals surface area contributed by atoms with Gasteiger partial charge in [0.1, 0.15) is 41.2 Å². The summed E-state index contributed by atoms with van der Waals surface area (Å²) in [6.07, 6.45) is 35.5. The van der Waals surface area contributed by atoms with Gasteiger partial charge in [-0.1, -0.05) is 180 Å². The predicted octanol–water partition coefficient (Wildman–Crippen LogP) is 22.1.